The number of benzene rings is 1. The molecule has 0 fully saturated rings. The van der Waals surface area contributed by atoms with Crippen LogP contribution in [-0.2, 0) is 0 Å². The average Bonchev–Trinajstić information content (AvgIpc) is 2.45. The highest BCUT2D eigenvalue weighted by Crippen LogP contribution is 2.38. The average molecular weight is 312 g/mol. The van der Waals surface area contributed by atoms with Crippen LogP contribution in [0.2, 0.25) is 0 Å². The smallest absolute Gasteiger partial charge is 0.306 e. The van der Waals surface area contributed by atoms with Crippen LogP contribution in [0.25, 0.3) is 0 Å². The number of unbranched alkanes of at least 4 members (excludes halogenated alkanes) is 3. The minimum absolute atomic E-state index is 0.294. The topological polar surface area (TPSA) is 141 Å². The number of rotatable bonds is 9. The Labute approximate surface area is 125 Å². The van der Waals surface area contributed by atoms with Gasteiger partial charge in [-0.1, -0.05) is 26.2 Å². The first-order valence-corrected chi connectivity index (χ1v) is 6.73. The van der Waals surface area contributed by atoms with Gasteiger partial charge < -0.3 is 5.32 Å². The van der Waals surface area contributed by atoms with Crippen LogP contribution in [0, 0.1) is 30.3 Å². The quantitative estimate of drug-likeness (QED) is 0.418. The molecule has 0 heterocycles. The molecular weight excluding hydrogens is 296 g/mol. The number of hydrogen-bond donors (Lipinski definition) is 1. The lowest BCUT2D eigenvalue weighted by Crippen LogP contribution is -2.08. The van der Waals surface area contributed by atoms with Gasteiger partial charge in [-0.05, 0) is 6.42 Å². The predicted molar refractivity (Wildman–Crippen MR) is 79.0 cm³/mol. The lowest BCUT2D eigenvalue weighted by molar-refractivity contribution is -0.401. The molecule has 10 heteroatoms. The minimum Gasteiger partial charge on any atom is -0.374 e. The highest BCUT2D eigenvalue weighted by Gasteiger charge is 2.30. The molecule has 0 aliphatic heterocycles. The molecule has 0 unspecified atom stereocenters. The van der Waals surface area contributed by atoms with E-state index in [-0.39, 0.29) is 5.69 Å². The van der Waals surface area contributed by atoms with Crippen LogP contribution in [0.3, 0.4) is 0 Å². The number of nitro benzene ring substituents is 3. The van der Waals surface area contributed by atoms with Crippen LogP contribution in [0.15, 0.2) is 12.1 Å². The number of nitro groups is 3. The Morgan fingerprint density at radius 2 is 1.45 bits per heavy atom. The molecule has 0 aliphatic rings. The molecule has 120 valence electrons. The van der Waals surface area contributed by atoms with Crippen molar-refractivity contribution in [2.24, 2.45) is 0 Å². The van der Waals surface area contributed by atoms with Crippen molar-refractivity contribution in [3.05, 3.63) is 42.5 Å². The molecule has 0 radical (unpaired) electrons. The van der Waals surface area contributed by atoms with Crippen LogP contribution in [-0.4, -0.2) is 21.3 Å². The van der Waals surface area contributed by atoms with E-state index in [1.54, 1.807) is 0 Å². The van der Waals surface area contributed by atoms with Crippen LogP contribution < -0.4 is 5.32 Å². The van der Waals surface area contributed by atoms with Crippen molar-refractivity contribution in [2.45, 2.75) is 32.6 Å². The molecule has 0 saturated heterocycles. The van der Waals surface area contributed by atoms with Crippen LogP contribution in [0.4, 0.5) is 22.7 Å². The summed E-state index contributed by atoms with van der Waals surface area (Å²) < 4.78 is 0. The van der Waals surface area contributed by atoms with E-state index in [1.165, 1.54) is 0 Å². The van der Waals surface area contributed by atoms with Gasteiger partial charge in [0, 0.05) is 6.54 Å². The van der Waals surface area contributed by atoms with E-state index >= 15 is 0 Å². The van der Waals surface area contributed by atoms with E-state index in [4.69, 9.17) is 0 Å². The molecule has 1 aromatic rings. The van der Waals surface area contributed by atoms with E-state index in [0.717, 1.165) is 31.4 Å². The van der Waals surface area contributed by atoms with Gasteiger partial charge in [-0.2, -0.15) is 0 Å². The third-order valence-electron chi connectivity index (χ3n) is 3.02. The molecular formula is C12H16N4O6. The van der Waals surface area contributed by atoms with E-state index < -0.39 is 31.8 Å². The Balaban J connectivity index is 3.13. The highest BCUT2D eigenvalue weighted by atomic mass is 16.6. The number of nitrogens with one attached hydrogen (secondary N) is 1. The highest BCUT2D eigenvalue weighted by molar-refractivity contribution is 5.77. The molecule has 0 amide bonds. The van der Waals surface area contributed by atoms with Gasteiger partial charge in [0.2, 0.25) is 0 Å². The van der Waals surface area contributed by atoms with Crippen molar-refractivity contribution >= 4 is 22.7 Å². The fourth-order valence-corrected chi connectivity index (χ4v) is 1.94. The molecule has 10 nitrogen and oxygen atoms in total. The zero-order valence-electron chi connectivity index (χ0n) is 12.0. The zero-order valence-corrected chi connectivity index (χ0v) is 12.0. The monoisotopic (exact) mass is 312 g/mol. The lowest BCUT2D eigenvalue weighted by Gasteiger charge is -2.07. The Morgan fingerprint density at radius 1 is 0.909 bits per heavy atom. The lowest BCUT2D eigenvalue weighted by atomic mass is 10.1. The van der Waals surface area contributed by atoms with Crippen molar-refractivity contribution in [3.8, 4) is 0 Å². The standard InChI is InChI=1S/C12H16N4O6/c1-2-3-4-5-6-13-12-10(15(19)20)7-9(14(17)18)8-11(12)16(21)22/h7-8,13H,2-6H2,1H3. The molecule has 1 aromatic carbocycles. The third kappa shape index (κ3) is 4.36. The van der Waals surface area contributed by atoms with Gasteiger partial charge in [0.25, 0.3) is 5.69 Å². The van der Waals surface area contributed by atoms with Crippen molar-refractivity contribution in [1.29, 1.82) is 0 Å². The number of nitrogens with zero attached hydrogens (tertiary/aromatic N) is 3. The second-order valence-corrected chi connectivity index (χ2v) is 4.62. The van der Waals surface area contributed by atoms with E-state index in [0.29, 0.717) is 13.0 Å². The first kappa shape index (κ1) is 17.3. The molecule has 0 bridgehead atoms. The minimum atomic E-state index is -0.898. The van der Waals surface area contributed by atoms with Gasteiger partial charge in [0.05, 0.1) is 26.9 Å². The van der Waals surface area contributed by atoms with Gasteiger partial charge in [-0.15, -0.1) is 0 Å². The van der Waals surface area contributed by atoms with E-state index in [9.17, 15) is 30.3 Å². The van der Waals surface area contributed by atoms with Crippen LogP contribution in [0.5, 0.6) is 0 Å². The zero-order chi connectivity index (χ0) is 16.7. The summed E-state index contributed by atoms with van der Waals surface area (Å²) in [5.74, 6) is 0. The predicted octanol–water partition coefficient (Wildman–Crippen LogP) is 3.40. The van der Waals surface area contributed by atoms with Gasteiger partial charge in [0.15, 0.2) is 5.69 Å². The Bertz CT molecular complexity index is 554. The molecule has 0 aliphatic carbocycles. The fourth-order valence-electron chi connectivity index (χ4n) is 1.94. The first-order chi connectivity index (χ1) is 10.4. The van der Waals surface area contributed by atoms with Crippen LogP contribution in [0.1, 0.15) is 32.6 Å². The molecule has 0 aromatic heterocycles. The molecule has 0 spiro atoms. The molecule has 0 atom stereocenters. The van der Waals surface area contributed by atoms with E-state index in [2.05, 4.69) is 5.32 Å². The van der Waals surface area contributed by atoms with Crippen molar-refractivity contribution in [3.63, 3.8) is 0 Å². The molecule has 22 heavy (non-hydrogen) atoms. The largest absolute Gasteiger partial charge is 0.374 e. The second kappa shape index (κ2) is 7.86. The van der Waals surface area contributed by atoms with Gasteiger partial charge in [-0.3, -0.25) is 30.3 Å². The molecule has 0 saturated carbocycles. The maximum absolute atomic E-state index is 11.0. The normalized spacial score (nSPS) is 10.2. The Kier molecular flexibility index (Phi) is 6.17. The molecule has 1 rings (SSSR count). The summed E-state index contributed by atoms with van der Waals surface area (Å²) in [5.41, 5.74) is -2.32. The summed E-state index contributed by atoms with van der Waals surface area (Å²) >= 11 is 0. The molecule has 1 N–H and O–H groups in total. The van der Waals surface area contributed by atoms with Crippen molar-refractivity contribution in [2.75, 3.05) is 11.9 Å². The number of anilines is 1. The maximum atomic E-state index is 11.0. The van der Waals surface area contributed by atoms with Gasteiger partial charge in [-0.25, -0.2) is 0 Å². The summed E-state index contributed by atoms with van der Waals surface area (Å²) in [6, 6.07) is 1.45. The van der Waals surface area contributed by atoms with E-state index in [1.807, 2.05) is 6.92 Å². The summed E-state index contributed by atoms with van der Waals surface area (Å²) in [4.78, 5) is 30.2. The number of non-ortho nitro benzene ring substituents is 1. The maximum Gasteiger partial charge on any atom is 0.306 e. The van der Waals surface area contributed by atoms with Crippen LogP contribution >= 0.6 is 0 Å². The van der Waals surface area contributed by atoms with Crippen molar-refractivity contribution in [1.82, 2.24) is 0 Å². The second-order valence-electron chi connectivity index (χ2n) is 4.62. The van der Waals surface area contributed by atoms with Crippen molar-refractivity contribution < 1.29 is 14.8 Å². The Hall–Kier alpha value is -2.78. The summed E-state index contributed by atoms with van der Waals surface area (Å²) in [6.07, 6.45) is 3.58. The van der Waals surface area contributed by atoms with Gasteiger partial charge >= 0.3 is 11.4 Å². The fraction of sp³-hybridized carbons (Fsp3) is 0.500. The van der Waals surface area contributed by atoms with Gasteiger partial charge in [0.1, 0.15) is 0 Å². The SMILES string of the molecule is CCCCCCNc1c([N+](=O)[O-])cc([N+](=O)[O-])cc1[N+](=O)[O-]. The Morgan fingerprint density at radius 3 is 1.86 bits per heavy atom. The number of hydrogen-bond acceptors (Lipinski definition) is 7. The first-order valence-electron chi connectivity index (χ1n) is 6.73. The summed E-state index contributed by atoms with van der Waals surface area (Å²) in [7, 11) is 0. The summed E-state index contributed by atoms with van der Waals surface area (Å²) in [5, 5.41) is 35.5. The summed E-state index contributed by atoms with van der Waals surface area (Å²) in [6.45, 7) is 2.35. The third-order valence-corrected chi connectivity index (χ3v) is 3.02.